The van der Waals surface area contributed by atoms with Gasteiger partial charge in [-0.25, -0.2) is 0 Å². The van der Waals surface area contributed by atoms with Gasteiger partial charge < -0.3 is 10.2 Å². The van der Waals surface area contributed by atoms with Crippen molar-refractivity contribution in [2.75, 3.05) is 31.6 Å². The van der Waals surface area contributed by atoms with E-state index in [0.717, 1.165) is 30.9 Å². The second-order valence-electron chi connectivity index (χ2n) is 5.30. The molecule has 0 saturated carbocycles. The van der Waals surface area contributed by atoms with E-state index < -0.39 is 0 Å². The lowest BCUT2D eigenvalue weighted by atomic mass is 9.97. The Bertz CT molecular complexity index is 456. The molecule has 1 aliphatic heterocycles. The fourth-order valence-electron chi connectivity index (χ4n) is 2.73. The largest absolute Gasteiger partial charge is 0.374 e. The Balaban J connectivity index is 2.05. The molecule has 0 bridgehead atoms. The highest BCUT2D eigenvalue weighted by Gasteiger charge is 2.17. The normalized spacial score (nSPS) is 16.3. The van der Waals surface area contributed by atoms with Crippen molar-refractivity contribution >= 4 is 11.4 Å². The van der Waals surface area contributed by atoms with Crippen LogP contribution in [0.5, 0.6) is 0 Å². The average molecular weight is 263 g/mol. The lowest BCUT2D eigenvalue weighted by Crippen LogP contribution is -2.34. The Labute approximate surface area is 113 Å². The van der Waals surface area contributed by atoms with Crippen molar-refractivity contribution in [2.24, 2.45) is 5.92 Å². The molecule has 1 heterocycles. The van der Waals surface area contributed by atoms with Crippen LogP contribution in [0.4, 0.5) is 11.4 Å². The molecule has 2 rings (SSSR count). The number of nitrogens with zero attached hydrogens (tertiary/aromatic N) is 2. The molecule has 1 aromatic carbocycles. The molecule has 19 heavy (non-hydrogen) atoms. The molecule has 0 unspecified atom stereocenters. The van der Waals surface area contributed by atoms with Crippen LogP contribution in [-0.4, -0.2) is 31.6 Å². The maximum absolute atomic E-state index is 10.7. The summed E-state index contributed by atoms with van der Waals surface area (Å²) in [4.78, 5) is 12.6. The van der Waals surface area contributed by atoms with Crippen LogP contribution in [0.3, 0.4) is 0 Å². The van der Waals surface area contributed by atoms with Gasteiger partial charge in [0.05, 0.1) is 4.92 Å². The van der Waals surface area contributed by atoms with E-state index in [1.54, 1.807) is 12.1 Å². The molecule has 1 saturated heterocycles. The predicted octanol–water partition coefficient (Wildman–Crippen LogP) is 2.34. The number of nitro groups is 1. The van der Waals surface area contributed by atoms with Crippen LogP contribution < -0.4 is 10.2 Å². The van der Waals surface area contributed by atoms with Gasteiger partial charge in [0, 0.05) is 31.4 Å². The van der Waals surface area contributed by atoms with E-state index in [9.17, 15) is 10.1 Å². The summed E-state index contributed by atoms with van der Waals surface area (Å²) in [6.07, 6.45) is 2.41. The van der Waals surface area contributed by atoms with Gasteiger partial charge in [0.25, 0.3) is 5.69 Å². The number of rotatable bonds is 4. The quantitative estimate of drug-likeness (QED) is 0.669. The van der Waals surface area contributed by atoms with Crippen LogP contribution in [0.1, 0.15) is 18.4 Å². The van der Waals surface area contributed by atoms with Crippen molar-refractivity contribution in [3.63, 3.8) is 0 Å². The van der Waals surface area contributed by atoms with E-state index in [-0.39, 0.29) is 10.6 Å². The second-order valence-corrected chi connectivity index (χ2v) is 5.30. The van der Waals surface area contributed by atoms with E-state index in [1.165, 1.54) is 12.8 Å². The molecule has 1 aliphatic rings. The Morgan fingerprint density at radius 3 is 2.68 bits per heavy atom. The molecule has 0 radical (unpaired) electrons. The number of non-ortho nitro benzene ring substituents is 1. The molecule has 1 aromatic rings. The van der Waals surface area contributed by atoms with Crippen LogP contribution in [-0.2, 0) is 0 Å². The summed E-state index contributed by atoms with van der Waals surface area (Å²) in [5.41, 5.74) is 2.21. The number of nitrogens with one attached hydrogen (secondary N) is 1. The summed E-state index contributed by atoms with van der Waals surface area (Å²) in [6.45, 7) is 5.14. The molecule has 5 nitrogen and oxygen atoms in total. The zero-order valence-corrected chi connectivity index (χ0v) is 11.6. The molecule has 5 heteroatoms. The van der Waals surface area contributed by atoms with E-state index >= 15 is 0 Å². The number of nitro benzene ring substituents is 1. The van der Waals surface area contributed by atoms with Crippen LogP contribution in [0.2, 0.25) is 0 Å². The van der Waals surface area contributed by atoms with E-state index in [1.807, 2.05) is 13.0 Å². The minimum absolute atomic E-state index is 0.163. The summed E-state index contributed by atoms with van der Waals surface area (Å²) >= 11 is 0. The fourth-order valence-corrected chi connectivity index (χ4v) is 2.73. The molecule has 1 N–H and O–H groups in total. The number of piperidine rings is 1. The van der Waals surface area contributed by atoms with Gasteiger partial charge in [-0.1, -0.05) is 0 Å². The van der Waals surface area contributed by atoms with Gasteiger partial charge in [-0.15, -0.1) is 0 Å². The van der Waals surface area contributed by atoms with Crippen LogP contribution in [0.15, 0.2) is 18.2 Å². The molecule has 0 spiro atoms. The summed E-state index contributed by atoms with van der Waals surface area (Å²) in [5.74, 6) is 0.709. The molecule has 0 amide bonds. The molecular formula is C14H21N3O2. The van der Waals surface area contributed by atoms with Gasteiger partial charge in [0.15, 0.2) is 0 Å². The van der Waals surface area contributed by atoms with Crippen LogP contribution in [0, 0.1) is 23.0 Å². The molecule has 1 fully saturated rings. The third-order valence-electron chi connectivity index (χ3n) is 3.79. The molecule has 0 aromatic heterocycles. The first-order valence-corrected chi connectivity index (χ1v) is 6.75. The number of anilines is 1. The molecule has 0 aliphatic carbocycles. The Hall–Kier alpha value is -1.62. The molecule has 0 atom stereocenters. The van der Waals surface area contributed by atoms with Gasteiger partial charge in [-0.2, -0.15) is 0 Å². The summed E-state index contributed by atoms with van der Waals surface area (Å²) in [7, 11) is 2.07. The highest BCUT2D eigenvalue weighted by Crippen LogP contribution is 2.25. The number of benzene rings is 1. The molecular weight excluding hydrogens is 242 g/mol. The smallest absolute Gasteiger partial charge is 0.269 e. The van der Waals surface area contributed by atoms with Crippen molar-refractivity contribution in [2.45, 2.75) is 19.8 Å². The SMILES string of the molecule is Cc1cc([N+](=O)[O-])ccc1N(C)CC1CCNCC1. The average Bonchev–Trinajstić information content (AvgIpc) is 2.39. The standard InChI is InChI=1S/C14H21N3O2/c1-11-9-13(17(18)19)3-4-14(11)16(2)10-12-5-7-15-8-6-12/h3-4,9,12,15H,5-8,10H2,1-2H3. The van der Waals surface area contributed by atoms with Gasteiger partial charge in [-0.3, -0.25) is 10.1 Å². The third-order valence-corrected chi connectivity index (χ3v) is 3.79. The zero-order chi connectivity index (χ0) is 13.8. The summed E-state index contributed by atoms with van der Waals surface area (Å²) in [6, 6.07) is 5.09. The maximum atomic E-state index is 10.7. The van der Waals surface area contributed by atoms with Crippen molar-refractivity contribution in [1.29, 1.82) is 0 Å². The highest BCUT2D eigenvalue weighted by atomic mass is 16.6. The van der Waals surface area contributed by atoms with Gasteiger partial charge in [0.1, 0.15) is 0 Å². The van der Waals surface area contributed by atoms with Crippen molar-refractivity contribution in [3.8, 4) is 0 Å². The fraction of sp³-hybridized carbons (Fsp3) is 0.571. The van der Waals surface area contributed by atoms with Gasteiger partial charge in [-0.05, 0) is 50.4 Å². The van der Waals surface area contributed by atoms with Crippen molar-refractivity contribution < 1.29 is 4.92 Å². The van der Waals surface area contributed by atoms with E-state index in [0.29, 0.717) is 5.92 Å². The molecule has 104 valence electrons. The van der Waals surface area contributed by atoms with E-state index in [2.05, 4.69) is 17.3 Å². The first-order chi connectivity index (χ1) is 9.08. The lowest BCUT2D eigenvalue weighted by Gasteiger charge is -2.29. The van der Waals surface area contributed by atoms with Gasteiger partial charge >= 0.3 is 0 Å². The lowest BCUT2D eigenvalue weighted by molar-refractivity contribution is -0.384. The number of hydrogen-bond donors (Lipinski definition) is 1. The topological polar surface area (TPSA) is 58.4 Å². The number of aryl methyl sites for hydroxylation is 1. The minimum atomic E-state index is -0.344. The third kappa shape index (κ3) is 3.44. The Morgan fingerprint density at radius 2 is 2.11 bits per heavy atom. The van der Waals surface area contributed by atoms with Crippen LogP contribution >= 0.6 is 0 Å². The predicted molar refractivity (Wildman–Crippen MR) is 76.7 cm³/mol. The summed E-state index contributed by atoms with van der Waals surface area (Å²) < 4.78 is 0. The highest BCUT2D eigenvalue weighted by molar-refractivity contribution is 5.56. The summed E-state index contributed by atoms with van der Waals surface area (Å²) in [5, 5.41) is 14.1. The zero-order valence-electron chi connectivity index (χ0n) is 11.6. The van der Waals surface area contributed by atoms with Crippen molar-refractivity contribution in [3.05, 3.63) is 33.9 Å². The first-order valence-electron chi connectivity index (χ1n) is 6.75. The van der Waals surface area contributed by atoms with Gasteiger partial charge in [0.2, 0.25) is 0 Å². The minimum Gasteiger partial charge on any atom is -0.374 e. The van der Waals surface area contributed by atoms with Crippen molar-refractivity contribution in [1.82, 2.24) is 5.32 Å². The van der Waals surface area contributed by atoms with E-state index in [4.69, 9.17) is 0 Å². The Kier molecular flexibility index (Phi) is 4.37. The Morgan fingerprint density at radius 1 is 1.42 bits per heavy atom. The monoisotopic (exact) mass is 263 g/mol. The van der Waals surface area contributed by atoms with Crippen LogP contribution in [0.25, 0.3) is 0 Å². The maximum Gasteiger partial charge on any atom is 0.269 e. The first kappa shape index (κ1) is 13.8. The number of hydrogen-bond acceptors (Lipinski definition) is 4. The second kappa shape index (κ2) is 6.02.